The summed E-state index contributed by atoms with van der Waals surface area (Å²) in [6.07, 6.45) is 13.9. The molecule has 12 nitrogen and oxygen atoms in total. The van der Waals surface area contributed by atoms with Crippen molar-refractivity contribution >= 4 is 35.4 Å². The number of carbonyl (C=O) groups excluding carboxylic acids is 6. The molecule has 7 atom stereocenters. The number of hydrogen-bond acceptors (Lipinski definition) is 6. The van der Waals surface area contributed by atoms with Crippen LogP contribution in [0.1, 0.15) is 147 Å². The van der Waals surface area contributed by atoms with Gasteiger partial charge in [0, 0.05) is 68.8 Å². The van der Waals surface area contributed by atoms with Gasteiger partial charge in [-0.2, -0.15) is 0 Å². The Hall–Kier alpha value is -5.52. The first kappa shape index (κ1) is 48.4. The van der Waals surface area contributed by atoms with E-state index < -0.39 is 17.9 Å². The average molecular weight is 901 g/mol. The average Bonchev–Trinajstić information content (AvgIpc) is 4.27. The predicted molar refractivity (Wildman–Crippen MR) is 257 cm³/mol. The number of nitrogens with one attached hydrogen (secondary N) is 3. The molecule has 0 spiro atoms. The monoisotopic (exact) mass is 901 g/mol. The highest BCUT2D eigenvalue weighted by Crippen LogP contribution is 2.47. The van der Waals surface area contributed by atoms with Crippen molar-refractivity contribution in [2.75, 3.05) is 45.8 Å². The van der Waals surface area contributed by atoms with Gasteiger partial charge in [0.05, 0.1) is 18.4 Å². The first-order valence-corrected chi connectivity index (χ1v) is 25.1. The number of nitrogens with zero attached hydrogens (tertiary/aromatic N) is 3. The van der Waals surface area contributed by atoms with E-state index in [2.05, 4.69) is 54.1 Å². The normalized spacial score (nSPS) is 23.2. The topological polar surface area (TPSA) is 148 Å². The molecule has 3 aromatic rings. The van der Waals surface area contributed by atoms with Crippen molar-refractivity contribution in [2.45, 2.75) is 128 Å². The maximum absolute atomic E-state index is 14.1. The summed E-state index contributed by atoms with van der Waals surface area (Å²) in [6.45, 7) is 6.25. The van der Waals surface area contributed by atoms with Crippen molar-refractivity contribution in [3.05, 3.63) is 107 Å². The van der Waals surface area contributed by atoms with E-state index in [1.165, 1.54) is 30.4 Å². The van der Waals surface area contributed by atoms with Crippen LogP contribution in [-0.4, -0.2) is 108 Å². The molecule has 0 bridgehead atoms. The quantitative estimate of drug-likeness (QED) is 0.0843. The van der Waals surface area contributed by atoms with Crippen LogP contribution in [-0.2, 0) is 19.2 Å². The minimum Gasteiger partial charge on any atom is -0.355 e. The highest BCUT2D eigenvalue weighted by atomic mass is 16.2. The lowest BCUT2D eigenvalue weighted by Crippen LogP contribution is -2.61. The van der Waals surface area contributed by atoms with Gasteiger partial charge in [-0.1, -0.05) is 132 Å². The van der Waals surface area contributed by atoms with Gasteiger partial charge in [0.25, 0.3) is 11.8 Å². The van der Waals surface area contributed by atoms with Crippen LogP contribution in [0, 0.1) is 17.8 Å². The zero-order chi connectivity index (χ0) is 46.4. The first-order valence-electron chi connectivity index (χ1n) is 25.1. The molecule has 0 radical (unpaired) electrons. The molecule has 3 aromatic carbocycles. The fourth-order valence-electron chi connectivity index (χ4n) is 10.0. The summed E-state index contributed by atoms with van der Waals surface area (Å²) >= 11 is 0. The van der Waals surface area contributed by atoms with Crippen molar-refractivity contribution in [3.63, 3.8) is 0 Å². The lowest BCUT2D eigenvalue weighted by Gasteiger charge is -2.40. The molecule has 66 heavy (non-hydrogen) atoms. The van der Waals surface area contributed by atoms with Gasteiger partial charge in [-0.3, -0.25) is 28.8 Å². The summed E-state index contributed by atoms with van der Waals surface area (Å²) < 4.78 is 0. The van der Waals surface area contributed by atoms with Crippen LogP contribution in [0.4, 0.5) is 0 Å². The number of hydrogen-bond donors (Lipinski definition) is 3. The van der Waals surface area contributed by atoms with Crippen molar-refractivity contribution in [1.82, 2.24) is 30.7 Å². The van der Waals surface area contributed by atoms with Gasteiger partial charge in [-0.25, -0.2) is 0 Å². The highest BCUT2D eigenvalue weighted by molar-refractivity contribution is 5.99. The van der Waals surface area contributed by atoms with E-state index in [0.29, 0.717) is 49.0 Å². The van der Waals surface area contributed by atoms with Crippen molar-refractivity contribution in [3.8, 4) is 0 Å². The molecule has 2 saturated carbocycles. The Bertz CT molecular complexity index is 2100. The van der Waals surface area contributed by atoms with Crippen LogP contribution in [0.5, 0.6) is 0 Å². The molecule has 2 aliphatic heterocycles. The minimum atomic E-state index is -0.782. The Morgan fingerprint density at radius 3 is 1.74 bits per heavy atom. The molecule has 2 heterocycles. The summed E-state index contributed by atoms with van der Waals surface area (Å²) in [4.78, 5) is 88.0. The summed E-state index contributed by atoms with van der Waals surface area (Å²) in [7, 11) is 0. The van der Waals surface area contributed by atoms with Crippen molar-refractivity contribution < 1.29 is 28.8 Å². The van der Waals surface area contributed by atoms with Gasteiger partial charge < -0.3 is 30.7 Å². The predicted octanol–water partition coefficient (Wildman–Crippen LogP) is 7.46. The maximum atomic E-state index is 14.1. The van der Waals surface area contributed by atoms with Gasteiger partial charge in [0.2, 0.25) is 23.6 Å². The molecule has 1 unspecified atom stereocenters. The largest absolute Gasteiger partial charge is 0.355 e. The van der Waals surface area contributed by atoms with Gasteiger partial charge in [-0.05, 0) is 72.9 Å². The van der Waals surface area contributed by atoms with E-state index in [1.807, 2.05) is 36.4 Å². The summed E-state index contributed by atoms with van der Waals surface area (Å²) in [5.74, 6) is -1.77. The molecule has 3 N–H and O–H groups in total. The van der Waals surface area contributed by atoms with Gasteiger partial charge >= 0.3 is 0 Å². The third kappa shape index (κ3) is 12.9. The first-order chi connectivity index (χ1) is 32.2. The smallest absolute Gasteiger partial charge is 0.253 e. The van der Waals surface area contributed by atoms with Crippen LogP contribution >= 0.6 is 0 Å². The van der Waals surface area contributed by atoms with E-state index in [4.69, 9.17) is 0 Å². The summed E-state index contributed by atoms with van der Waals surface area (Å²) in [5.41, 5.74) is 3.16. The number of likely N-dealkylation sites (tertiary alicyclic amines) is 1. The highest BCUT2D eigenvalue weighted by Gasteiger charge is 2.48. The van der Waals surface area contributed by atoms with E-state index in [1.54, 1.807) is 39.0 Å². The molecule has 4 fully saturated rings. The SMILES string of the molecule is CCCCCCCCNC(=O)C1CN(C(=O)c2ccc(C(=O)N3C[C@@H](C(=O)NC[C@H]4C[C@@H]4c4ccccc4)[C@H](C(=O)N[C@H]4C[C@@H]4c4ccccc4)C3)cc2)CCN1C(=O)CCCCCCC. The third-order valence-corrected chi connectivity index (χ3v) is 14.3. The third-order valence-electron chi connectivity index (χ3n) is 14.3. The van der Waals surface area contributed by atoms with Crippen LogP contribution < -0.4 is 16.0 Å². The molecular formula is C54H72N6O6. The molecule has 354 valence electrons. The molecule has 6 amide bonds. The van der Waals surface area contributed by atoms with Crippen LogP contribution in [0.2, 0.25) is 0 Å². The molecule has 2 saturated heterocycles. The number of benzene rings is 3. The number of amides is 6. The standard InChI is InChI=1S/C54H72N6O6/c1-3-5-7-9-11-19-29-55-52(64)48-37-58(30-31-60(48)49(61)24-18-10-8-6-4-2)53(65)40-25-27-41(28-26-40)54(66)59-35-45(50(62)56-34-42-32-43(42)38-20-14-12-15-21-38)46(36-59)51(63)57-47-33-44(47)39-22-16-13-17-23-39/h12-17,20-23,25-28,42-48H,3-11,18-19,24,29-37H2,1-2H3,(H,55,64)(H,56,62)(H,57,63)/t42-,43-,44-,45-,46-,47+,48?/m1/s1. The Morgan fingerprint density at radius 2 is 1.11 bits per heavy atom. The van der Waals surface area contributed by atoms with Crippen LogP contribution in [0.15, 0.2) is 84.9 Å². The molecule has 2 aliphatic carbocycles. The van der Waals surface area contributed by atoms with Crippen molar-refractivity contribution in [1.29, 1.82) is 0 Å². The molecule has 4 aliphatic rings. The Labute approximate surface area is 392 Å². The lowest BCUT2D eigenvalue weighted by atomic mass is 9.94. The van der Waals surface area contributed by atoms with Gasteiger partial charge in [-0.15, -0.1) is 0 Å². The van der Waals surface area contributed by atoms with E-state index in [-0.39, 0.29) is 73.6 Å². The summed E-state index contributed by atoms with van der Waals surface area (Å²) in [6, 6.07) is 26.1. The fraction of sp³-hybridized carbons (Fsp3) is 0.556. The van der Waals surface area contributed by atoms with E-state index in [9.17, 15) is 28.8 Å². The van der Waals surface area contributed by atoms with Gasteiger partial charge in [0.15, 0.2) is 0 Å². The number of unbranched alkanes of at least 4 members (excludes halogenated alkanes) is 9. The second-order valence-corrected chi connectivity index (χ2v) is 19.2. The lowest BCUT2D eigenvalue weighted by molar-refractivity contribution is -0.143. The molecular weight excluding hydrogens is 829 g/mol. The Morgan fingerprint density at radius 1 is 0.545 bits per heavy atom. The van der Waals surface area contributed by atoms with E-state index >= 15 is 0 Å². The molecule has 7 rings (SSSR count). The van der Waals surface area contributed by atoms with Crippen molar-refractivity contribution in [2.24, 2.45) is 17.8 Å². The van der Waals surface area contributed by atoms with E-state index in [0.717, 1.165) is 64.2 Å². The zero-order valence-electron chi connectivity index (χ0n) is 39.3. The Kier molecular flexibility index (Phi) is 17.4. The van der Waals surface area contributed by atoms with Crippen LogP contribution in [0.25, 0.3) is 0 Å². The number of rotatable bonds is 23. The summed E-state index contributed by atoms with van der Waals surface area (Å²) in [5, 5.41) is 9.39. The number of carbonyl (C=O) groups is 6. The fourth-order valence-corrected chi connectivity index (χ4v) is 10.0. The Balaban J connectivity index is 0.972. The molecule has 12 heteroatoms. The van der Waals surface area contributed by atoms with Crippen LogP contribution in [0.3, 0.4) is 0 Å². The second kappa shape index (κ2) is 23.8. The second-order valence-electron chi connectivity index (χ2n) is 19.2. The minimum absolute atomic E-state index is 0.0184. The maximum Gasteiger partial charge on any atom is 0.253 e. The molecule has 0 aromatic heterocycles. The zero-order valence-corrected chi connectivity index (χ0v) is 39.3. The van der Waals surface area contributed by atoms with Gasteiger partial charge in [0.1, 0.15) is 6.04 Å². The number of piperazine rings is 1.